The van der Waals surface area contributed by atoms with Gasteiger partial charge in [0.1, 0.15) is 24.0 Å². The summed E-state index contributed by atoms with van der Waals surface area (Å²) < 4.78 is 6.73. The molecule has 0 aliphatic heterocycles. The molecular formula is C23H15Cl2IN2O2. The second kappa shape index (κ2) is 10.5. The lowest BCUT2D eigenvalue weighted by Gasteiger charge is -2.10. The molecule has 0 fully saturated rings. The van der Waals surface area contributed by atoms with E-state index in [-0.39, 0.29) is 10.6 Å². The molecule has 0 heterocycles. The highest BCUT2D eigenvalue weighted by Gasteiger charge is 2.13. The number of amides is 1. The highest BCUT2D eigenvalue weighted by molar-refractivity contribution is 14.1. The maximum atomic E-state index is 12.5. The zero-order valence-electron chi connectivity index (χ0n) is 15.5. The molecule has 1 amide bonds. The summed E-state index contributed by atoms with van der Waals surface area (Å²) in [6.07, 6.45) is 1.51. The Kier molecular flexibility index (Phi) is 7.75. The van der Waals surface area contributed by atoms with Gasteiger partial charge in [-0.25, -0.2) is 0 Å². The molecule has 0 aliphatic carbocycles. The molecule has 0 spiro atoms. The second-order valence-electron chi connectivity index (χ2n) is 6.19. The number of nitriles is 1. The van der Waals surface area contributed by atoms with E-state index in [1.807, 2.05) is 48.5 Å². The van der Waals surface area contributed by atoms with Gasteiger partial charge < -0.3 is 10.1 Å². The molecule has 7 heteroatoms. The van der Waals surface area contributed by atoms with Crippen LogP contribution in [0.5, 0.6) is 5.75 Å². The Bertz CT molecular complexity index is 1140. The number of rotatable bonds is 6. The van der Waals surface area contributed by atoms with Gasteiger partial charge in [0.25, 0.3) is 5.91 Å². The minimum absolute atomic E-state index is 0.0557. The molecule has 150 valence electrons. The number of nitrogens with one attached hydrogen (secondary N) is 1. The van der Waals surface area contributed by atoms with Crippen molar-refractivity contribution < 1.29 is 9.53 Å². The Morgan fingerprint density at radius 3 is 2.57 bits per heavy atom. The van der Waals surface area contributed by atoms with Crippen LogP contribution >= 0.6 is 45.8 Å². The van der Waals surface area contributed by atoms with Crippen molar-refractivity contribution in [2.45, 2.75) is 6.61 Å². The van der Waals surface area contributed by atoms with E-state index in [1.54, 1.807) is 24.3 Å². The molecule has 0 unspecified atom stereocenters. The SMILES string of the molecule is N#C/C(=C/c1ccc(OCc2ccccc2)c(I)c1)C(=O)Nc1cccc(Cl)c1Cl. The van der Waals surface area contributed by atoms with Gasteiger partial charge in [-0.3, -0.25) is 4.79 Å². The third kappa shape index (κ3) is 5.76. The number of hydrogen-bond acceptors (Lipinski definition) is 3. The van der Waals surface area contributed by atoms with E-state index in [4.69, 9.17) is 27.9 Å². The predicted octanol–water partition coefficient (Wildman–Crippen LogP) is 6.72. The summed E-state index contributed by atoms with van der Waals surface area (Å²) in [7, 11) is 0. The Morgan fingerprint density at radius 1 is 1.10 bits per heavy atom. The van der Waals surface area contributed by atoms with E-state index in [2.05, 4.69) is 27.9 Å². The van der Waals surface area contributed by atoms with Gasteiger partial charge in [-0.1, -0.05) is 65.7 Å². The van der Waals surface area contributed by atoms with Crippen molar-refractivity contribution in [2.24, 2.45) is 0 Å². The first-order valence-electron chi connectivity index (χ1n) is 8.81. The fourth-order valence-corrected chi connectivity index (χ4v) is 3.61. The molecule has 0 saturated heterocycles. The molecule has 3 rings (SSSR count). The van der Waals surface area contributed by atoms with Crippen molar-refractivity contribution in [1.82, 2.24) is 0 Å². The Balaban J connectivity index is 1.73. The van der Waals surface area contributed by atoms with Gasteiger partial charge >= 0.3 is 0 Å². The summed E-state index contributed by atoms with van der Waals surface area (Å²) in [6, 6.07) is 22.1. The van der Waals surface area contributed by atoms with Gasteiger partial charge in [0.05, 0.1) is 19.3 Å². The molecule has 3 aromatic rings. The molecule has 0 atom stereocenters. The van der Waals surface area contributed by atoms with E-state index in [9.17, 15) is 10.1 Å². The summed E-state index contributed by atoms with van der Waals surface area (Å²) in [5.41, 5.74) is 2.06. The quantitative estimate of drug-likeness (QED) is 0.211. The van der Waals surface area contributed by atoms with Crippen LogP contribution in [-0.4, -0.2) is 5.91 Å². The van der Waals surface area contributed by atoms with Crippen molar-refractivity contribution in [3.63, 3.8) is 0 Å². The lowest BCUT2D eigenvalue weighted by Crippen LogP contribution is -2.13. The molecule has 0 aromatic heterocycles. The monoisotopic (exact) mass is 548 g/mol. The topological polar surface area (TPSA) is 62.1 Å². The van der Waals surface area contributed by atoms with Gasteiger partial charge in [0.2, 0.25) is 0 Å². The number of hydrogen-bond donors (Lipinski definition) is 1. The smallest absolute Gasteiger partial charge is 0.266 e. The van der Waals surface area contributed by atoms with Crippen LogP contribution in [0.25, 0.3) is 6.08 Å². The Hall–Kier alpha value is -2.53. The van der Waals surface area contributed by atoms with Crippen molar-refractivity contribution in [2.75, 3.05) is 5.32 Å². The lowest BCUT2D eigenvalue weighted by atomic mass is 10.1. The molecule has 0 radical (unpaired) electrons. The largest absolute Gasteiger partial charge is 0.488 e. The number of carbonyl (C=O) groups excluding carboxylic acids is 1. The van der Waals surface area contributed by atoms with E-state index in [0.29, 0.717) is 22.9 Å². The van der Waals surface area contributed by atoms with Gasteiger partial charge in [-0.15, -0.1) is 0 Å². The molecule has 0 saturated carbocycles. The first kappa shape index (κ1) is 22.2. The average molecular weight is 549 g/mol. The second-order valence-corrected chi connectivity index (χ2v) is 8.14. The minimum Gasteiger partial charge on any atom is -0.488 e. The summed E-state index contributed by atoms with van der Waals surface area (Å²) in [4.78, 5) is 12.5. The van der Waals surface area contributed by atoms with Gasteiger partial charge in [-0.05, 0) is 64.1 Å². The minimum atomic E-state index is -0.568. The van der Waals surface area contributed by atoms with Gasteiger partial charge in [0.15, 0.2) is 0 Å². The van der Waals surface area contributed by atoms with Crippen LogP contribution in [0.2, 0.25) is 10.0 Å². The van der Waals surface area contributed by atoms with E-state index < -0.39 is 5.91 Å². The molecule has 0 aliphatic rings. The first-order valence-corrected chi connectivity index (χ1v) is 10.6. The summed E-state index contributed by atoms with van der Waals surface area (Å²) >= 11 is 14.2. The van der Waals surface area contributed by atoms with Crippen molar-refractivity contribution in [1.29, 1.82) is 5.26 Å². The number of ether oxygens (including phenoxy) is 1. The average Bonchev–Trinajstić information content (AvgIpc) is 2.75. The fourth-order valence-electron chi connectivity index (χ4n) is 2.56. The maximum Gasteiger partial charge on any atom is 0.266 e. The maximum absolute atomic E-state index is 12.5. The van der Waals surface area contributed by atoms with Crippen LogP contribution in [0.1, 0.15) is 11.1 Å². The Labute approximate surface area is 198 Å². The lowest BCUT2D eigenvalue weighted by molar-refractivity contribution is -0.112. The zero-order valence-corrected chi connectivity index (χ0v) is 19.2. The highest BCUT2D eigenvalue weighted by atomic mass is 127. The van der Waals surface area contributed by atoms with Crippen molar-refractivity contribution in [3.8, 4) is 11.8 Å². The number of anilines is 1. The molecule has 3 aromatic carbocycles. The third-order valence-corrected chi connectivity index (χ3v) is 5.73. The molecule has 1 N–H and O–H groups in total. The van der Waals surface area contributed by atoms with E-state index >= 15 is 0 Å². The van der Waals surface area contributed by atoms with Gasteiger partial charge in [0, 0.05) is 0 Å². The van der Waals surface area contributed by atoms with Gasteiger partial charge in [-0.2, -0.15) is 5.26 Å². The standard InChI is InChI=1S/C23H15Cl2IN2O2/c24-18-7-4-8-20(22(18)25)28-23(29)17(13-27)11-16-9-10-21(19(26)12-16)30-14-15-5-2-1-3-6-15/h1-12H,14H2,(H,28,29)/b17-11-. The Morgan fingerprint density at radius 2 is 1.87 bits per heavy atom. The molecule has 30 heavy (non-hydrogen) atoms. The van der Waals surface area contributed by atoms with Crippen LogP contribution in [0.3, 0.4) is 0 Å². The van der Waals surface area contributed by atoms with Crippen LogP contribution in [0, 0.1) is 14.9 Å². The number of benzene rings is 3. The number of halogens is 3. The first-order chi connectivity index (χ1) is 14.5. The van der Waals surface area contributed by atoms with Crippen molar-refractivity contribution >= 4 is 63.5 Å². The highest BCUT2D eigenvalue weighted by Crippen LogP contribution is 2.30. The van der Waals surface area contributed by atoms with Crippen LogP contribution < -0.4 is 10.1 Å². The predicted molar refractivity (Wildman–Crippen MR) is 129 cm³/mol. The molecule has 0 bridgehead atoms. The van der Waals surface area contributed by atoms with Crippen molar-refractivity contribution in [3.05, 3.63) is 97.0 Å². The fraction of sp³-hybridized carbons (Fsp3) is 0.0435. The number of nitrogens with zero attached hydrogens (tertiary/aromatic N) is 1. The summed E-state index contributed by atoms with van der Waals surface area (Å²) in [6.45, 7) is 0.457. The molecule has 4 nitrogen and oxygen atoms in total. The molecular weight excluding hydrogens is 534 g/mol. The zero-order chi connectivity index (χ0) is 21.5. The normalized spacial score (nSPS) is 10.9. The van der Waals surface area contributed by atoms with Crippen LogP contribution in [0.15, 0.2) is 72.3 Å². The summed E-state index contributed by atoms with van der Waals surface area (Å²) in [5, 5.41) is 12.6. The summed E-state index contributed by atoms with van der Waals surface area (Å²) in [5.74, 6) is 0.159. The van der Waals surface area contributed by atoms with E-state index in [0.717, 1.165) is 14.9 Å². The van der Waals surface area contributed by atoms with Crippen LogP contribution in [0.4, 0.5) is 5.69 Å². The third-order valence-electron chi connectivity index (χ3n) is 4.07. The van der Waals surface area contributed by atoms with E-state index in [1.165, 1.54) is 6.08 Å². The number of carbonyl (C=O) groups is 1. The van der Waals surface area contributed by atoms with Crippen LogP contribution in [-0.2, 0) is 11.4 Å².